The summed E-state index contributed by atoms with van der Waals surface area (Å²) in [5.74, 6) is -0.421. The standard InChI is InChI=1S/C9H10N2O3/c1-7(12)10-9(11(13)14)8-5-3-2-4-6-8/h2-6,9H,1H3,(H,10,12). The number of nitro groups is 1. The Bertz CT molecular complexity index is 337. The molecule has 1 aromatic rings. The van der Waals surface area contributed by atoms with E-state index in [1.54, 1.807) is 30.3 Å². The number of rotatable bonds is 3. The number of carbonyl (C=O) groups is 1. The van der Waals surface area contributed by atoms with Crippen LogP contribution in [0.4, 0.5) is 0 Å². The van der Waals surface area contributed by atoms with Gasteiger partial charge in [0.25, 0.3) is 0 Å². The second-order valence-electron chi connectivity index (χ2n) is 2.80. The van der Waals surface area contributed by atoms with Gasteiger partial charge in [0.05, 0.1) is 4.92 Å². The van der Waals surface area contributed by atoms with Crippen LogP contribution in [0.5, 0.6) is 0 Å². The molecule has 0 spiro atoms. The fourth-order valence-corrected chi connectivity index (χ4v) is 1.09. The van der Waals surface area contributed by atoms with Gasteiger partial charge in [-0.2, -0.15) is 0 Å². The highest BCUT2D eigenvalue weighted by Crippen LogP contribution is 2.12. The zero-order valence-electron chi connectivity index (χ0n) is 7.64. The molecular formula is C9H10N2O3. The Hall–Kier alpha value is -1.91. The minimum atomic E-state index is -1.16. The van der Waals surface area contributed by atoms with Crippen LogP contribution < -0.4 is 5.32 Å². The first-order valence-electron chi connectivity index (χ1n) is 4.07. The van der Waals surface area contributed by atoms with E-state index in [1.807, 2.05) is 0 Å². The molecule has 5 nitrogen and oxygen atoms in total. The second-order valence-corrected chi connectivity index (χ2v) is 2.80. The fourth-order valence-electron chi connectivity index (χ4n) is 1.09. The van der Waals surface area contributed by atoms with E-state index in [1.165, 1.54) is 6.92 Å². The van der Waals surface area contributed by atoms with Crippen molar-refractivity contribution in [2.45, 2.75) is 13.1 Å². The predicted molar refractivity (Wildman–Crippen MR) is 50.0 cm³/mol. The smallest absolute Gasteiger partial charge is 0.290 e. The molecule has 0 saturated heterocycles. The van der Waals surface area contributed by atoms with Gasteiger partial charge < -0.3 is 0 Å². The Kier molecular flexibility index (Phi) is 3.17. The Balaban J connectivity index is 2.89. The maximum atomic E-state index is 10.7. The van der Waals surface area contributed by atoms with Crippen LogP contribution >= 0.6 is 0 Å². The Morgan fingerprint density at radius 2 is 2.00 bits per heavy atom. The molecule has 1 aromatic carbocycles. The Morgan fingerprint density at radius 3 is 2.43 bits per heavy atom. The van der Waals surface area contributed by atoms with Gasteiger partial charge in [-0.15, -0.1) is 0 Å². The lowest BCUT2D eigenvalue weighted by Crippen LogP contribution is -2.31. The number of hydrogen-bond donors (Lipinski definition) is 1. The average Bonchev–Trinajstić information content (AvgIpc) is 2.15. The molecule has 1 unspecified atom stereocenters. The maximum Gasteiger partial charge on any atom is 0.312 e. The van der Waals surface area contributed by atoms with Gasteiger partial charge in [0.2, 0.25) is 5.91 Å². The molecule has 14 heavy (non-hydrogen) atoms. The van der Waals surface area contributed by atoms with Crippen LogP contribution in [0.2, 0.25) is 0 Å². The molecule has 74 valence electrons. The molecule has 0 saturated carbocycles. The number of benzene rings is 1. The van der Waals surface area contributed by atoms with Crippen LogP contribution in [0.25, 0.3) is 0 Å². The minimum Gasteiger partial charge on any atom is -0.290 e. The normalized spacial score (nSPS) is 11.8. The van der Waals surface area contributed by atoms with E-state index < -0.39 is 17.0 Å². The number of carbonyl (C=O) groups excluding carboxylic acids is 1. The molecule has 1 N–H and O–H groups in total. The van der Waals surface area contributed by atoms with Crippen molar-refractivity contribution in [1.82, 2.24) is 5.32 Å². The van der Waals surface area contributed by atoms with Gasteiger partial charge >= 0.3 is 6.17 Å². The monoisotopic (exact) mass is 194 g/mol. The molecular weight excluding hydrogens is 184 g/mol. The lowest BCUT2D eigenvalue weighted by Gasteiger charge is -2.09. The highest BCUT2D eigenvalue weighted by atomic mass is 16.6. The molecule has 1 amide bonds. The SMILES string of the molecule is CC(=O)NC(c1ccccc1)[N+](=O)[O-]. The van der Waals surface area contributed by atoms with Gasteiger partial charge in [-0.3, -0.25) is 20.2 Å². The summed E-state index contributed by atoms with van der Waals surface area (Å²) in [5.41, 5.74) is 0.465. The molecule has 1 rings (SSSR count). The average molecular weight is 194 g/mol. The van der Waals surface area contributed by atoms with Crippen LogP contribution in [0.1, 0.15) is 18.7 Å². The van der Waals surface area contributed by atoms with Crippen molar-refractivity contribution in [2.24, 2.45) is 0 Å². The van der Waals surface area contributed by atoms with Gasteiger partial charge in [0.1, 0.15) is 0 Å². The molecule has 0 aromatic heterocycles. The molecule has 1 atom stereocenters. The van der Waals surface area contributed by atoms with Crippen LogP contribution in [0.15, 0.2) is 30.3 Å². The van der Waals surface area contributed by atoms with Crippen molar-refractivity contribution in [3.8, 4) is 0 Å². The van der Waals surface area contributed by atoms with Crippen LogP contribution in [0, 0.1) is 10.1 Å². The van der Waals surface area contributed by atoms with E-state index in [-0.39, 0.29) is 0 Å². The van der Waals surface area contributed by atoms with Crippen LogP contribution in [-0.2, 0) is 4.79 Å². The van der Waals surface area contributed by atoms with Crippen LogP contribution in [0.3, 0.4) is 0 Å². The van der Waals surface area contributed by atoms with Crippen molar-refractivity contribution in [2.75, 3.05) is 0 Å². The van der Waals surface area contributed by atoms with E-state index in [0.29, 0.717) is 5.56 Å². The lowest BCUT2D eigenvalue weighted by molar-refractivity contribution is -0.533. The van der Waals surface area contributed by atoms with Crippen molar-refractivity contribution >= 4 is 5.91 Å². The molecule has 0 fully saturated rings. The number of amides is 1. The first kappa shape index (κ1) is 10.2. The topological polar surface area (TPSA) is 72.2 Å². The summed E-state index contributed by atoms with van der Waals surface area (Å²) >= 11 is 0. The summed E-state index contributed by atoms with van der Waals surface area (Å²) in [5, 5.41) is 12.9. The number of hydrogen-bond acceptors (Lipinski definition) is 3. The van der Waals surface area contributed by atoms with E-state index in [4.69, 9.17) is 0 Å². The molecule has 0 aliphatic carbocycles. The molecule has 0 bridgehead atoms. The first-order valence-corrected chi connectivity index (χ1v) is 4.07. The van der Waals surface area contributed by atoms with E-state index in [0.717, 1.165) is 0 Å². The third kappa shape index (κ3) is 2.55. The van der Waals surface area contributed by atoms with Crippen molar-refractivity contribution in [3.05, 3.63) is 46.0 Å². The summed E-state index contributed by atoms with van der Waals surface area (Å²) in [4.78, 5) is 20.8. The summed E-state index contributed by atoms with van der Waals surface area (Å²) in [6.07, 6.45) is -1.16. The van der Waals surface area contributed by atoms with E-state index in [9.17, 15) is 14.9 Å². The fraction of sp³-hybridized carbons (Fsp3) is 0.222. The molecule has 5 heteroatoms. The highest BCUT2D eigenvalue weighted by molar-refractivity contribution is 5.73. The number of nitrogens with zero attached hydrogens (tertiary/aromatic N) is 1. The predicted octanol–water partition coefficient (Wildman–Crippen LogP) is 1.10. The molecule has 0 heterocycles. The minimum absolute atomic E-state index is 0.421. The summed E-state index contributed by atoms with van der Waals surface area (Å²) in [7, 11) is 0. The van der Waals surface area contributed by atoms with Gasteiger partial charge in [-0.1, -0.05) is 30.3 Å². The zero-order chi connectivity index (χ0) is 10.6. The molecule has 0 aliphatic heterocycles. The van der Waals surface area contributed by atoms with Crippen molar-refractivity contribution < 1.29 is 9.72 Å². The zero-order valence-corrected chi connectivity index (χ0v) is 7.64. The third-order valence-electron chi connectivity index (χ3n) is 1.67. The summed E-state index contributed by atoms with van der Waals surface area (Å²) in [6.45, 7) is 1.25. The summed E-state index contributed by atoms with van der Waals surface area (Å²) in [6, 6.07) is 8.34. The van der Waals surface area contributed by atoms with Gasteiger partial charge in [-0.05, 0) is 0 Å². The van der Waals surface area contributed by atoms with Gasteiger partial charge in [-0.25, -0.2) is 0 Å². The second kappa shape index (κ2) is 4.36. The van der Waals surface area contributed by atoms with Crippen LogP contribution in [-0.4, -0.2) is 10.8 Å². The van der Waals surface area contributed by atoms with Crippen molar-refractivity contribution in [1.29, 1.82) is 0 Å². The largest absolute Gasteiger partial charge is 0.312 e. The lowest BCUT2D eigenvalue weighted by atomic mass is 10.2. The van der Waals surface area contributed by atoms with E-state index in [2.05, 4.69) is 5.32 Å². The Labute approximate surface area is 80.9 Å². The maximum absolute atomic E-state index is 10.7. The highest BCUT2D eigenvalue weighted by Gasteiger charge is 2.22. The first-order chi connectivity index (χ1) is 6.61. The number of nitrogens with one attached hydrogen (secondary N) is 1. The van der Waals surface area contributed by atoms with Gasteiger partial charge in [0, 0.05) is 12.5 Å². The Morgan fingerprint density at radius 1 is 1.43 bits per heavy atom. The van der Waals surface area contributed by atoms with E-state index >= 15 is 0 Å². The third-order valence-corrected chi connectivity index (χ3v) is 1.67. The molecule has 0 radical (unpaired) electrons. The van der Waals surface area contributed by atoms with Crippen molar-refractivity contribution in [3.63, 3.8) is 0 Å². The van der Waals surface area contributed by atoms with Gasteiger partial charge in [0.15, 0.2) is 0 Å². The quantitative estimate of drug-likeness (QED) is 0.445. The molecule has 0 aliphatic rings. The summed E-state index contributed by atoms with van der Waals surface area (Å²) < 4.78 is 0.